The Labute approximate surface area is 161 Å². The van der Waals surface area contributed by atoms with Crippen LogP contribution in [0.3, 0.4) is 0 Å². The molecule has 0 radical (unpaired) electrons. The Morgan fingerprint density at radius 3 is 1.88 bits per heavy atom. The lowest BCUT2D eigenvalue weighted by Crippen LogP contribution is -2.09. The Bertz CT molecular complexity index is 608. The monoisotopic (exact) mass is 382 g/mol. The van der Waals surface area contributed by atoms with Crippen molar-refractivity contribution in [1.29, 1.82) is 0 Å². The van der Waals surface area contributed by atoms with Gasteiger partial charge in [-0.15, -0.1) is 0 Å². The van der Waals surface area contributed by atoms with Gasteiger partial charge in [0.2, 0.25) is 0 Å². The lowest BCUT2D eigenvalue weighted by molar-refractivity contribution is 0.468. The molecular formula is C22H38O3S. The molecule has 150 valence electrons. The molecule has 0 saturated heterocycles. The van der Waals surface area contributed by atoms with Crippen molar-refractivity contribution in [3.05, 3.63) is 29.3 Å². The van der Waals surface area contributed by atoms with Crippen LogP contribution in [-0.4, -0.2) is 13.0 Å². The molecule has 26 heavy (non-hydrogen) atoms. The molecule has 1 unspecified atom stereocenters. The molecule has 0 heterocycles. The Hall–Kier alpha value is -0.870. The summed E-state index contributed by atoms with van der Waals surface area (Å²) >= 11 is 0. The Morgan fingerprint density at radius 2 is 1.35 bits per heavy atom. The van der Waals surface area contributed by atoms with E-state index in [9.17, 15) is 13.0 Å². The van der Waals surface area contributed by atoms with Gasteiger partial charge in [-0.1, -0.05) is 95.8 Å². The van der Waals surface area contributed by atoms with E-state index >= 15 is 0 Å². The van der Waals surface area contributed by atoms with Crippen LogP contribution in [0.15, 0.2) is 23.1 Å². The third kappa shape index (κ3) is 8.68. The van der Waals surface area contributed by atoms with Crippen LogP contribution < -0.4 is 0 Å². The van der Waals surface area contributed by atoms with Gasteiger partial charge in [-0.2, -0.15) is 8.42 Å². The standard InChI is InChI=1S/C22H38O3S/c1-4-6-8-10-11-13-15-20(14-12-9-7-5-2)21-18-19(3)16-17-22(21)26(23,24)25/h16-18,20H,4-15H2,1-3H3,(H,23,24,25). The van der Waals surface area contributed by atoms with E-state index in [2.05, 4.69) is 13.8 Å². The molecule has 0 amide bonds. The van der Waals surface area contributed by atoms with Gasteiger partial charge < -0.3 is 0 Å². The molecule has 1 atom stereocenters. The molecule has 0 aliphatic heterocycles. The molecule has 0 spiro atoms. The van der Waals surface area contributed by atoms with Gasteiger partial charge in [0, 0.05) is 0 Å². The molecule has 0 saturated carbocycles. The minimum atomic E-state index is -4.17. The highest BCUT2D eigenvalue weighted by Gasteiger charge is 2.22. The first kappa shape index (κ1) is 23.2. The van der Waals surface area contributed by atoms with Crippen molar-refractivity contribution in [2.45, 2.75) is 109 Å². The second-order valence-electron chi connectivity index (χ2n) is 7.62. The van der Waals surface area contributed by atoms with Gasteiger partial charge in [-0.3, -0.25) is 4.55 Å². The van der Waals surface area contributed by atoms with Crippen LogP contribution in [0.2, 0.25) is 0 Å². The number of benzene rings is 1. The molecule has 1 N–H and O–H groups in total. The van der Waals surface area contributed by atoms with E-state index in [-0.39, 0.29) is 10.8 Å². The zero-order valence-corrected chi connectivity index (χ0v) is 17.8. The summed E-state index contributed by atoms with van der Waals surface area (Å²) in [6.45, 7) is 6.40. The largest absolute Gasteiger partial charge is 0.294 e. The first-order valence-corrected chi connectivity index (χ1v) is 11.9. The highest BCUT2D eigenvalue weighted by Crippen LogP contribution is 2.33. The normalized spacial score (nSPS) is 13.1. The second kappa shape index (κ2) is 12.5. The highest BCUT2D eigenvalue weighted by atomic mass is 32.2. The fourth-order valence-electron chi connectivity index (χ4n) is 3.67. The smallest absolute Gasteiger partial charge is 0.282 e. The van der Waals surface area contributed by atoms with Crippen molar-refractivity contribution >= 4 is 10.1 Å². The van der Waals surface area contributed by atoms with Crippen LogP contribution in [0.1, 0.15) is 108 Å². The van der Waals surface area contributed by atoms with Crippen LogP contribution in [0.25, 0.3) is 0 Å². The van der Waals surface area contributed by atoms with E-state index in [4.69, 9.17) is 0 Å². The molecule has 1 aromatic rings. The number of aryl methyl sites for hydroxylation is 1. The van der Waals surface area contributed by atoms with Crippen molar-refractivity contribution in [3.63, 3.8) is 0 Å². The van der Waals surface area contributed by atoms with Crippen molar-refractivity contribution < 1.29 is 13.0 Å². The molecule has 0 aliphatic rings. The lowest BCUT2D eigenvalue weighted by atomic mass is 9.87. The SMILES string of the molecule is CCCCCCCCC(CCCCCC)c1cc(C)ccc1S(=O)(=O)O. The van der Waals surface area contributed by atoms with E-state index in [1.165, 1.54) is 51.4 Å². The van der Waals surface area contributed by atoms with Gasteiger partial charge in [0.25, 0.3) is 10.1 Å². The van der Waals surface area contributed by atoms with Crippen LogP contribution in [0.5, 0.6) is 0 Å². The number of rotatable bonds is 14. The first-order chi connectivity index (χ1) is 12.4. The topological polar surface area (TPSA) is 54.4 Å². The van der Waals surface area contributed by atoms with Gasteiger partial charge in [-0.05, 0) is 37.3 Å². The number of unbranched alkanes of at least 4 members (excludes halogenated alkanes) is 8. The van der Waals surface area contributed by atoms with E-state index in [1.54, 1.807) is 12.1 Å². The maximum Gasteiger partial charge on any atom is 0.294 e. The first-order valence-electron chi connectivity index (χ1n) is 10.5. The fraction of sp³-hybridized carbons (Fsp3) is 0.727. The van der Waals surface area contributed by atoms with E-state index < -0.39 is 10.1 Å². The molecule has 0 aliphatic carbocycles. The minimum absolute atomic E-state index is 0.106. The van der Waals surface area contributed by atoms with Crippen molar-refractivity contribution in [2.24, 2.45) is 0 Å². The van der Waals surface area contributed by atoms with Crippen LogP contribution in [0, 0.1) is 6.92 Å². The Balaban J connectivity index is 2.84. The molecule has 3 nitrogen and oxygen atoms in total. The lowest BCUT2D eigenvalue weighted by Gasteiger charge is -2.20. The molecule has 0 aromatic heterocycles. The molecular weight excluding hydrogens is 344 g/mol. The predicted molar refractivity (Wildman–Crippen MR) is 110 cm³/mol. The van der Waals surface area contributed by atoms with Gasteiger partial charge in [-0.25, -0.2) is 0 Å². The molecule has 0 fully saturated rings. The quantitative estimate of drug-likeness (QED) is 0.277. The zero-order valence-electron chi connectivity index (χ0n) is 17.0. The highest BCUT2D eigenvalue weighted by molar-refractivity contribution is 7.85. The third-order valence-corrected chi connectivity index (χ3v) is 6.12. The molecule has 1 aromatic carbocycles. The molecule has 4 heteroatoms. The average molecular weight is 383 g/mol. The summed E-state index contributed by atoms with van der Waals surface area (Å²) in [6, 6.07) is 5.30. The number of hydrogen-bond donors (Lipinski definition) is 1. The van der Waals surface area contributed by atoms with Gasteiger partial charge >= 0.3 is 0 Å². The minimum Gasteiger partial charge on any atom is -0.282 e. The van der Waals surface area contributed by atoms with Gasteiger partial charge in [0.05, 0.1) is 4.90 Å². The summed E-state index contributed by atoms with van der Waals surface area (Å²) in [6.07, 6.45) is 14.2. The summed E-state index contributed by atoms with van der Waals surface area (Å²) in [5.74, 6) is 0.217. The predicted octanol–water partition coefficient (Wildman–Crippen LogP) is 7.05. The van der Waals surface area contributed by atoms with Crippen LogP contribution in [0.4, 0.5) is 0 Å². The maximum absolute atomic E-state index is 11.8. The second-order valence-corrected chi connectivity index (χ2v) is 9.01. The summed E-state index contributed by atoms with van der Waals surface area (Å²) in [5, 5.41) is 0. The zero-order chi connectivity index (χ0) is 19.4. The van der Waals surface area contributed by atoms with E-state index in [0.29, 0.717) is 0 Å². The third-order valence-electron chi connectivity index (χ3n) is 5.20. The molecule has 0 bridgehead atoms. The summed E-state index contributed by atoms with van der Waals surface area (Å²) in [7, 11) is -4.17. The maximum atomic E-state index is 11.8. The number of hydrogen-bond acceptors (Lipinski definition) is 2. The summed E-state index contributed by atoms with van der Waals surface area (Å²) < 4.78 is 33.4. The summed E-state index contributed by atoms with van der Waals surface area (Å²) in [5.41, 5.74) is 1.87. The summed E-state index contributed by atoms with van der Waals surface area (Å²) in [4.78, 5) is 0.106. The fourth-order valence-corrected chi connectivity index (χ4v) is 4.43. The van der Waals surface area contributed by atoms with Crippen LogP contribution >= 0.6 is 0 Å². The van der Waals surface area contributed by atoms with Crippen LogP contribution in [-0.2, 0) is 10.1 Å². The van der Waals surface area contributed by atoms with Crippen molar-refractivity contribution in [1.82, 2.24) is 0 Å². The van der Waals surface area contributed by atoms with Gasteiger partial charge in [0.1, 0.15) is 0 Å². The van der Waals surface area contributed by atoms with E-state index in [1.807, 2.05) is 13.0 Å². The van der Waals surface area contributed by atoms with Crippen molar-refractivity contribution in [2.75, 3.05) is 0 Å². The van der Waals surface area contributed by atoms with Gasteiger partial charge in [0.15, 0.2) is 0 Å². The average Bonchev–Trinajstić information content (AvgIpc) is 2.58. The molecule has 1 rings (SSSR count). The Kier molecular flexibility index (Phi) is 11.1. The Morgan fingerprint density at radius 1 is 0.846 bits per heavy atom. The van der Waals surface area contributed by atoms with Crippen molar-refractivity contribution in [3.8, 4) is 0 Å². The van der Waals surface area contributed by atoms with E-state index in [0.717, 1.165) is 36.8 Å².